The zero-order valence-electron chi connectivity index (χ0n) is 6.79. The van der Waals surface area contributed by atoms with Crippen molar-refractivity contribution in [1.29, 1.82) is 0 Å². The van der Waals surface area contributed by atoms with Crippen molar-refractivity contribution in [1.82, 2.24) is 4.90 Å². The maximum absolute atomic E-state index is 10.4. The van der Waals surface area contributed by atoms with Crippen LogP contribution in [0.1, 0.15) is 13.8 Å². The second-order valence-corrected chi connectivity index (χ2v) is 4.46. The van der Waals surface area contributed by atoms with Crippen molar-refractivity contribution in [3.8, 4) is 0 Å². The maximum atomic E-state index is 10.4. The first kappa shape index (κ1) is 12.0. The molecule has 0 spiro atoms. The van der Waals surface area contributed by atoms with Crippen molar-refractivity contribution in [3.05, 3.63) is 0 Å². The summed E-state index contributed by atoms with van der Waals surface area (Å²) in [5, 5.41) is -0.102. The van der Waals surface area contributed by atoms with Crippen LogP contribution in [-0.4, -0.2) is 31.7 Å². The summed E-state index contributed by atoms with van der Waals surface area (Å²) in [7, 11) is 0.958. The summed E-state index contributed by atoms with van der Waals surface area (Å²) in [5.41, 5.74) is 0. The van der Waals surface area contributed by atoms with Gasteiger partial charge in [-0.1, -0.05) is 0 Å². The lowest BCUT2D eigenvalue weighted by Gasteiger charge is -2.16. The van der Waals surface area contributed by atoms with Gasteiger partial charge in [0, 0.05) is 23.8 Å². The molecule has 0 atom stereocenters. The normalized spacial score (nSPS) is 13.2. The summed E-state index contributed by atoms with van der Waals surface area (Å²) in [6, 6.07) is 0. The van der Waals surface area contributed by atoms with Gasteiger partial charge in [0.2, 0.25) is 5.29 Å². The molecule has 0 saturated heterocycles. The number of amidine groups is 1. The van der Waals surface area contributed by atoms with E-state index in [-0.39, 0.29) is 5.29 Å². The molecule has 0 aromatic carbocycles. The van der Waals surface area contributed by atoms with Crippen LogP contribution in [0.25, 0.3) is 0 Å². The molecule has 0 saturated carbocycles. The van der Waals surface area contributed by atoms with E-state index in [2.05, 4.69) is 4.40 Å². The largest absolute Gasteiger partial charge is 0.347 e. The van der Waals surface area contributed by atoms with Gasteiger partial charge < -0.3 is 4.90 Å². The Hall–Kier alpha value is -0.000000000000000111. The molecular weight excluding hydrogens is 223 g/mol. The molecule has 0 radical (unpaired) electrons. The maximum Gasteiger partial charge on any atom is 0.342 e. The lowest BCUT2D eigenvalue weighted by Crippen LogP contribution is -2.27. The molecular formula is C5H10Cl2N2O2S. The van der Waals surface area contributed by atoms with Crippen molar-refractivity contribution in [2.24, 2.45) is 4.40 Å². The van der Waals surface area contributed by atoms with E-state index < -0.39 is 9.24 Å². The highest BCUT2D eigenvalue weighted by atomic mass is 35.7. The predicted molar refractivity (Wildman–Crippen MR) is 51.0 cm³/mol. The Bertz CT molecular complexity index is 259. The average Bonchev–Trinajstić information content (AvgIpc) is 1.85. The molecule has 0 aliphatic carbocycles. The van der Waals surface area contributed by atoms with Crippen LogP contribution in [0.2, 0.25) is 0 Å². The Kier molecular flexibility index (Phi) is 4.89. The van der Waals surface area contributed by atoms with Gasteiger partial charge in [-0.25, -0.2) is 0 Å². The molecule has 0 unspecified atom stereocenters. The van der Waals surface area contributed by atoms with E-state index in [0.29, 0.717) is 13.1 Å². The first-order valence-corrected chi connectivity index (χ1v) is 6.00. The molecule has 0 fully saturated rings. The van der Waals surface area contributed by atoms with Gasteiger partial charge in [-0.15, -0.1) is 4.40 Å². The number of hydrogen-bond acceptors (Lipinski definition) is 2. The quantitative estimate of drug-likeness (QED) is 0.320. The molecule has 0 rings (SSSR count). The third kappa shape index (κ3) is 4.79. The SMILES string of the molecule is CCN(CC)C(Cl)=NS(=O)(=O)Cl. The fourth-order valence-corrected chi connectivity index (χ4v) is 1.74. The fourth-order valence-electron chi connectivity index (χ4n) is 0.632. The predicted octanol–water partition coefficient (Wildman–Crippen LogP) is 1.41. The molecule has 0 bridgehead atoms. The monoisotopic (exact) mass is 232 g/mol. The summed E-state index contributed by atoms with van der Waals surface area (Å²) in [5.74, 6) is 0. The summed E-state index contributed by atoms with van der Waals surface area (Å²) in [6.45, 7) is 4.85. The number of halogens is 2. The highest BCUT2D eigenvalue weighted by molar-refractivity contribution is 8.12. The summed E-state index contributed by atoms with van der Waals surface area (Å²) >= 11 is 5.54. The van der Waals surface area contributed by atoms with Crippen molar-refractivity contribution in [3.63, 3.8) is 0 Å². The Morgan fingerprint density at radius 3 is 2.08 bits per heavy atom. The van der Waals surface area contributed by atoms with Gasteiger partial charge in [0.05, 0.1) is 0 Å². The van der Waals surface area contributed by atoms with Gasteiger partial charge in [-0.2, -0.15) is 8.42 Å². The second kappa shape index (κ2) is 4.89. The summed E-state index contributed by atoms with van der Waals surface area (Å²) in [6.07, 6.45) is 0. The summed E-state index contributed by atoms with van der Waals surface area (Å²) in [4.78, 5) is 1.57. The van der Waals surface area contributed by atoms with Crippen LogP contribution in [0.4, 0.5) is 0 Å². The molecule has 0 aromatic rings. The van der Waals surface area contributed by atoms with E-state index in [4.69, 9.17) is 22.3 Å². The van der Waals surface area contributed by atoms with Crippen LogP contribution >= 0.6 is 22.3 Å². The van der Waals surface area contributed by atoms with E-state index in [1.54, 1.807) is 4.90 Å². The molecule has 72 valence electrons. The van der Waals surface area contributed by atoms with E-state index in [0.717, 1.165) is 0 Å². The van der Waals surface area contributed by atoms with E-state index in [1.807, 2.05) is 13.8 Å². The molecule has 0 N–H and O–H groups in total. The molecule has 0 aliphatic heterocycles. The smallest absolute Gasteiger partial charge is 0.342 e. The third-order valence-electron chi connectivity index (χ3n) is 1.21. The molecule has 0 aromatic heterocycles. The van der Waals surface area contributed by atoms with Gasteiger partial charge in [0.15, 0.2) is 0 Å². The Morgan fingerprint density at radius 2 is 1.83 bits per heavy atom. The van der Waals surface area contributed by atoms with Gasteiger partial charge in [0.25, 0.3) is 0 Å². The molecule has 4 nitrogen and oxygen atoms in total. The van der Waals surface area contributed by atoms with Crippen LogP contribution in [0.5, 0.6) is 0 Å². The lowest BCUT2D eigenvalue weighted by molar-refractivity contribution is 0.474. The van der Waals surface area contributed by atoms with Crippen LogP contribution in [0.15, 0.2) is 4.40 Å². The van der Waals surface area contributed by atoms with E-state index >= 15 is 0 Å². The first-order valence-electron chi connectivity index (χ1n) is 3.35. The molecule has 0 amide bonds. The van der Waals surface area contributed by atoms with Gasteiger partial charge in [0.1, 0.15) is 0 Å². The van der Waals surface area contributed by atoms with Crippen LogP contribution in [-0.2, 0) is 9.24 Å². The molecule has 0 heterocycles. The minimum atomic E-state index is -3.90. The Labute approximate surface area is 81.7 Å². The van der Waals surface area contributed by atoms with E-state index in [9.17, 15) is 8.42 Å². The van der Waals surface area contributed by atoms with Crippen molar-refractivity contribution in [2.45, 2.75) is 13.8 Å². The number of hydrogen-bond donors (Lipinski definition) is 0. The zero-order valence-corrected chi connectivity index (χ0v) is 9.12. The highest BCUT2D eigenvalue weighted by Crippen LogP contribution is 2.04. The van der Waals surface area contributed by atoms with Gasteiger partial charge in [-0.3, -0.25) is 0 Å². The minimum absolute atomic E-state index is 0.102. The second-order valence-electron chi connectivity index (χ2n) is 1.94. The van der Waals surface area contributed by atoms with E-state index in [1.165, 1.54) is 0 Å². The fraction of sp³-hybridized carbons (Fsp3) is 0.800. The van der Waals surface area contributed by atoms with Gasteiger partial charge in [-0.05, 0) is 25.4 Å². The summed E-state index contributed by atoms with van der Waals surface area (Å²) < 4.78 is 24.0. The third-order valence-corrected chi connectivity index (χ3v) is 2.23. The first-order chi connectivity index (χ1) is 5.40. The standard InChI is InChI=1S/C5H10Cl2N2O2S/c1-3-9(4-2)5(6)8-12(7,10)11/h3-4H2,1-2H3. The zero-order chi connectivity index (χ0) is 9.78. The van der Waals surface area contributed by atoms with Crippen molar-refractivity contribution in [2.75, 3.05) is 13.1 Å². The van der Waals surface area contributed by atoms with Crippen molar-refractivity contribution >= 4 is 36.8 Å². The Morgan fingerprint density at radius 1 is 1.42 bits per heavy atom. The molecule has 12 heavy (non-hydrogen) atoms. The average molecular weight is 233 g/mol. The lowest BCUT2D eigenvalue weighted by atomic mass is 10.6. The topological polar surface area (TPSA) is 49.7 Å². The molecule has 0 aliphatic rings. The van der Waals surface area contributed by atoms with Crippen LogP contribution in [0, 0.1) is 0 Å². The highest BCUT2D eigenvalue weighted by Gasteiger charge is 2.08. The molecule has 7 heteroatoms. The number of rotatable bonds is 3. The van der Waals surface area contributed by atoms with Gasteiger partial charge >= 0.3 is 9.24 Å². The van der Waals surface area contributed by atoms with Crippen LogP contribution in [0.3, 0.4) is 0 Å². The van der Waals surface area contributed by atoms with Crippen LogP contribution < -0.4 is 0 Å². The Balaban J connectivity index is 4.57. The number of nitrogens with zero attached hydrogens (tertiary/aromatic N) is 2. The minimum Gasteiger partial charge on any atom is -0.347 e. The van der Waals surface area contributed by atoms with Crippen molar-refractivity contribution < 1.29 is 8.42 Å².